The number of pyridine rings is 4. The van der Waals surface area contributed by atoms with Crippen molar-refractivity contribution in [1.82, 2.24) is 19.9 Å². The summed E-state index contributed by atoms with van der Waals surface area (Å²) in [7, 11) is 0. The summed E-state index contributed by atoms with van der Waals surface area (Å²) >= 11 is 0. The predicted molar refractivity (Wildman–Crippen MR) is 179 cm³/mol. The molecule has 0 spiro atoms. The molecule has 220 valence electrons. The van der Waals surface area contributed by atoms with Gasteiger partial charge >= 0.3 is 21.1 Å². The van der Waals surface area contributed by atoms with E-state index in [-0.39, 0.29) is 21.1 Å². The Morgan fingerprint density at radius 1 is 0.457 bits per heavy atom. The van der Waals surface area contributed by atoms with Crippen molar-refractivity contribution in [3.8, 4) is 56.3 Å². The number of fused-ring (bicyclic) bond motifs is 2. The van der Waals surface area contributed by atoms with Gasteiger partial charge in [-0.15, -0.1) is 11.1 Å². The molecule has 46 heavy (non-hydrogen) atoms. The number of aromatic nitrogens is 4. The van der Waals surface area contributed by atoms with Gasteiger partial charge in [0.1, 0.15) is 0 Å². The summed E-state index contributed by atoms with van der Waals surface area (Å²) in [4.78, 5) is 18.2. The number of hydrogen-bond donors (Lipinski definition) is 0. The number of hydrogen-bond acceptors (Lipinski definition) is 5. The van der Waals surface area contributed by atoms with Crippen molar-refractivity contribution >= 4 is 21.5 Å². The summed E-state index contributed by atoms with van der Waals surface area (Å²) in [5, 5.41) is 3.84. The minimum Gasteiger partial charge on any atom is -0.497 e. The Kier molecular flexibility index (Phi) is 8.16. The van der Waals surface area contributed by atoms with Crippen molar-refractivity contribution in [2.45, 2.75) is 0 Å². The molecule has 0 aliphatic heterocycles. The third-order valence-electron chi connectivity index (χ3n) is 7.78. The summed E-state index contributed by atoms with van der Waals surface area (Å²) in [6, 6.07) is 43.6. The molecule has 0 aliphatic carbocycles. The molecule has 0 amide bonds. The summed E-state index contributed by atoms with van der Waals surface area (Å²) < 4.78 is 6.54. The molecule has 0 aliphatic rings. The Labute approximate surface area is 280 Å². The van der Waals surface area contributed by atoms with E-state index < -0.39 is 0 Å². The van der Waals surface area contributed by atoms with Gasteiger partial charge in [0.2, 0.25) is 0 Å². The molecule has 8 aromatic rings. The van der Waals surface area contributed by atoms with E-state index >= 15 is 0 Å². The van der Waals surface area contributed by atoms with Crippen molar-refractivity contribution in [3.63, 3.8) is 0 Å². The molecular formula is C40H24N4OPt. The smallest absolute Gasteiger partial charge is 0.497 e. The molecule has 0 saturated carbocycles. The fraction of sp³-hybridized carbons (Fsp3) is 0. The van der Waals surface area contributed by atoms with Crippen LogP contribution in [0.25, 0.3) is 66.3 Å². The molecular weight excluding hydrogens is 748 g/mol. The van der Waals surface area contributed by atoms with E-state index in [2.05, 4.69) is 58.5 Å². The maximum absolute atomic E-state index is 6.54. The van der Waals surface area contributed by atoms with Crippen molar-refractivity contribution < 1.29 is 25.8 Å². The van der Waals surface area contributed by atoms with E-state index in [0.717, 1.165) is 66.3 Å². The minimum absolute atomic E-state index is 0. The fourth-order valence-electron chi connectivity index (χ4n) is 5.60. The topological polar surface area (TPSA) is 60.8 Å². The minimum atomic E-state index is 0. The average molecular weight is 772 g/mol. The first-order chi connectivity index (χ1) is 22.3. The van der Waals surface area contributed by atoms with E-state index in [9.17, 15) is 0 Å². The molecule has 0 bridgehead atoms. The van der Waals surface area contributed by atoms with Gasteiger partial charge in [-0.1, -0.05) is 131 Å². The van der Waals surface area contributed by atoms with Gasteiger partial charge in [-0.25, -0.2) is 0 Å². The molecule has 0 unspecified atom stereocenters. The van der Waals surface area contributed by atoms with Crippen molar-refractivity contribution in [3.05, 3.63) is 159 Å². The van der Waals surface area contributed by atoms with Crippen molar-refractivity contribution in [2.75, 3.05) is 0 Å². The first-order valence-corrected chi connectivity index (χ1v) is 14.6. The van der Waals surface area contributed by atoms with Gasteiger partial charge in [-0.2, -0.15) is 0 Å². The van der Waals surface area contributed by atoms with Crippen molar-refractivity contribution in [1.29, 1.82) is 0 Å². The molecule has 4 aromatic heterocycles. The normalized spacial score (nSPS) is 10.9. The van der Waals surface area contributed by atoms with Gasteiger partial charge in [0.05, 0.1) is 0 Å². The number of rotatable bonds is 6. The van der Waals surface area contributed by atoms with Crippen LogP contribution in [0.1, 0.15) is 0 Å². The molecule has 0 atom stereocenters. The zero-order valence-corrected chi connectivity index (χ0v) is 26.6. The molecule has 0 N–H and O–H groups in total. The maximum Gasteiger partial charge on any atom is 2.00 e. The quantitative estimate of drug-likeness (QED) is 0.158. The monoisotopic (exact) mass is 771 g/mol. The Bertz CT molecular complexity index is 2150. The van der Waals surface area contributed by atoms with Gasteiger partial charge in [-0.05, 0) is 58.2 Å². The average Bonchev–Trinajstić information content (AvgIpc) is 3.12. The van der Waals surface area contributed by atoms with Gasteiger partial charge < -0.3 is 14.7 Å². The van der Waals surface area contributed by atoms with Gasteiger partial charge in [0.25, 0.3) is 0 Å². The summed E-state index contributed by atoms with van der Waals surface area (Å²) in [5.41, 5.74) is 7.59. The number of benzene rings is 4. The second-order valence-corrected chi connectivity index (χ2v) is 10.6. The molecule has 4 aromatic carbocycles. The summed E-state index contributed by atoms with van der Waals surface area (Å²) in [5.74, 6) is 1.11. The van der Waals surface area contributed by atoms with Crippen LogP contribution in [0.5, 0.6) is 11.5 Å². The number of ether oxygens (including phenoxy) is 1. The molecule has 6 heteroatoms. The maximum atomic E-state index is 6.54. The summed E-state index contributed by atoms with van der Waals surface area (Å²) in [6.07, 6.45) is 10.9. The predicted octanol–water partition coefficient (Wildman–Crippen LogP) is 9.63. The third-order valence-corrected chi connectivity index (χ3v) is 7.78. The standard InChI is InChI=1S/C40H24N4O.Pt/c1-3-7-27(8-4-1)29-13-17-43-39(21-29)35-23-33(19-31-11-15-41-25-37(31)35)45-34-20-32-12-16-42-26-38(32)36(24-34)40-22-30(14-18-44-40)28-9-5-2-6-10-28;/h1-22,25-26H;/q-2;+2. The van der Waals surface area contributed by atoms with Crippen LogP contribution in [0.2, 0.25) is 0 Å². The van der Waals surface area contributed by atoms with Crippen LogP contribution in [0.15, 0.2) is 146 Å². The van der Waals surface area contributed by atoms with E-state index in [1.807, 2.05) is 97.6 Å². The zero-order valence-electron chi connectivity index (χ0n) is 24.4. The largest absolute Gasteiger partial charge is 2.00 e. The fourth-order valence-corrected chi connectivity index (χ4v) is 5.60. The second kappa shape index (κ2) is 12.8. The van der Waals surface area contributed by atoms with Gasteiger partial charge in [0.15, 0.2) is 0 Å². The van der Waals surface area contributed by atoms with Crippen LogP contribution < -0.4 is 4.74 Å². The van der Waals surface area contributed by atoms with Crippen molar-refractivity contribution in [2.24, 2.45) is 0 Å². The molecule has 0 radical (unpaired) electrons. The first kappa shape index (κ1) is 29.2. The number of nitrogens with zero attached hydrogens (tertiary/aromatic N) is 4. The van der Waals surface area contributed by atoms with E-state index in [0.29, 0.717) is 11.5 Å². The Morgan fingerprint density at radius 2 is 0.913 bits per heavy atom. The van der Waals surface area contributed by atoms with Gasteiger partial charge in [0, 0.05) is 36.3 Å². The van der Waals surface area contributed by atoms with Crippen LogP contribution in [0, 0.1) is 12.1 Å². The molecule has 5 nitrogen and oxygen atoms in total. The van der Waals surface area contributed by atoms with Crippen LogP contribution in [0.3, 0.4) is 0 Å². The van der Waals surface area contributed by atoms with E-state index in [1.165, 1.54) is 0 Å². The second-order valence-electron chi connectivity index (χ2n) is 10.6. The molecule has 0 fully saturated rings. The summed E-state index contributed by atoms with van der Waals surface area (Å²) in [6.45, 7) is 0. The molecule has 8 rings (SSSR count). The Hall–Kier alpha value is -5.51. The Balaban J connectivity index is 0.00000338. The van der Waals surface area contributed by atoms with Crippen LogP contribution in [-0.4, -0.2) is 19.9 Å². The van der Waals surface area contributed by atoms with Gasteiger partial charge in [-0.3, -0.25) is 9.97 Å². The zero-order chi connectivity index (χ0) is 30.0. The van der Waals surface area contributed by atoms with Crippen LogP contribution in [0.4, 0.5) is 0 Å². The SMILES string of the molecule is [Pt+2].[c-]1c(Oc2[c-]c(-c3cc(-c4ccccc4)ccn3)c3cnccc3c2)cc2ccncc2c1-c1cc(-c2ccccc2)ccn1. The van der Waals surface area contributed by atoms with Crippen LogP contribution >= 0.6 is 0 Å². The first-order valence-electron chi connectivity index (χ1n) is 14.6. The van der Waals surface area contributed by atoms with Crippen LogP contribution in [-0.2, 0) is 21.1 Å². The van der Waals surface area contributed by atoms with E-state index in [1.54, 1.807) is 12.4 Å². The van der Waals surface area contributed by atoms with E-state index in [4.69, 9.17) is 14.7 Å². The molecule has 0 saturated heterocycles. The Morgan fingerprint density at radius 3 is 1.37 bits per heavy atom. The third kappa shape index (κ3) is 5.81. The molecule has 4 heterocycles.